The van der Waals surface area contributed by atoms with Gasteiger partial charge >= 0.3 is 0 Å². The lowest BCUT2D eigenvalue weighted by molar-refractivity contribution is 0.0429. The van der Waals surface area contributed by atoms with Gasteiger partial charge in [-0.25, -0.2) is 0 Å². The summed E-state index contributed by atoms with van der Waals surface area (Å²) < 4.78 is 0. The van der Waals surface area contributed by atoms with Crippen LogP contribution < -0.4 is 0 Å². The molecule has 0 aliphatic heterocycles. The fourth-order valence-corrected chi connectivity index (χ4v) is 3.15. The molecule has 0 aliphatic carbocycles. The molecule has 124 valence electrons. The van der Waals surface area contributed by atoms with Crippen LogP contribution in [0, 0.1) is 0 Å². The fraction of sp³-hybridized carbons (Fsp3) is 0.450. The maximum atomic E-state index is 11.5. The lowest BCUT2D eigenvalue weighted by atomic mass is 9.86. The van der Waals surface area contributed by atoms with E-state index in [9.17, 15) is 5.11 Å². The standard InChI is InChI=1S/C20H28N2O/c1-16(2)22(17(3)4)15-13-20(23,18-10-6-5-7-11-18)19-12-8-9-14-21-19/h5-12,14,16-17,23H,13,15H2,1-4H3. The maximum Gasteiger partial charge on any atom is 0.133 e. The van der Waals surface area contributed by atoms with E-state index in [2.05, 4.69) is 37.6 Å². The molecule has 0 amide bonds. The van der Waals surface area contributed by atoms with Gasteiger partial charge in [0, 0.05) is 24.8 Å². The Morgan fingerprint density at radius 3 is 2.09 bits per heavy atom. The van der Waals surface area contributed by atoms with Crippen molar-refractivity contribution in [3.8, 4) is 0 Å². The molecule has 0 aliphatic rings. The fourth-order valence-electron chi connectivity index (χ4n) is 3.15. The second-order valence-electron chi connectivity index (χ2n) is 6.62. The van der Waals surface area contributed by atoms with Gasteiger partial charge in [0.1, 0.15) is 5.60 Å². The summed E-state index contributed by atoms with van der Waals surface area (Å²) >= 11 is 0. The number of aromatic nitrogens is 1. The smallest absolute Gasteiger partial charge is 0.133 e. The van der Waals surface area contributed by atoms with Crippen molar-refractivity contribution in [2.75, 3.05) is 6.54 Å². The van der Waals surface area contributed by atoms with Gasteiger partial charge in [0.15, 0.2) is 0 Å². The molecule has 1 aromatic heterocycles. The van der Waals surface area contributed by atoms with Crippen LogP contribution in [0.15, 0.2) is 54.7 Å². The third-order valence-electron chi connectivity index (χ3n) is 4.40. The molecule has 1 atom stereocenters. The second kappa shape index (κ2) is 7.71. The first kappa shape index (κ1) is 17.6. The minimum atomic E-state index is -1.06. The third kappa shape index (κ3) is 4.18. The molecule has 1 heterocycles. The van der Waals surface area contributed by atoms with Crippen molar-refractivity contribution in [3.05, 3.63) is 66.0 Å². The summed E-state index contributed by atoms with van der Waals surface area (Å²) in [5.74, 6) is 0. The van der Waals surface area contributed by atoms with E-state index in [0.29, 0.717) is 24.2 Å². The Morgan fingerprint density at radius 1 is 0.957 bits per heavy atom. The summed E-state index contributed by atoms with van der Waals surface area (Å²) in [5, 5.41) is 11.5. The largest absolute Gasteiger partial charge is 0.379 e. The topological polar surface area (TPSA) is 36.4 Å². The molecule has 0 fully saturated rings. The van der Waals surface area contributed by atoms with Crippen molar-refractivity contribution in [1.29, 1.82) is 0 Å². The highest BCUT2D eigenvalue weighted by Crippen LogP contribution is 2.32. The van der Waals surface area contributed by atoms with Crippen LogP contribution in [0.4, 0.5) is 0 Å². The number of aliphatic hydroxyl groups is 1. The Balaban J connectivity index is 2.32. The second-order valence-corrected chi connectivity index (χ2v) is 6.62. The predicted molar refractivity (Wildman–Crippen MR) is 95.3 cm³/mol. The number of hydrogen-bond donors (Lipinski definition) is 1. The van der Waals surface area contributed by atoms with E-state index in [0.717, 1.165) is 12.1 Å². The first-order valence-electron chi connectivity index (χ1n) is 8.40. The van der Waals surface area contributed by atoms with Crippen molar-refractivity contribution in [1.82, 2.24) is 9.88 Å². The molecule has 0 spiro atoms. The van der Waals surface area contributed by atoms with Gasteiger partial charge in [-0.2, -0.15) is 0 Å². The molecule has 1 aromatic carbocycles. The van der Waals surface area contributed by atoms with Crippen LogP contribution in [-0.4, -0.2) is 33.6 Å². The summed E-state index contributed by atoms with van der Waals surface area (Å²) in [6, 6.07) is 16.4. The molecule has 2 rings (SSSR count). The predicted octanol–water partition coefficient (Wildman–Crippen LogP) is 3.83. The van der Waals surface area contributed by atoms with E-state index >= 15 is 0 Å². The number of benzene rings is 1. The zero-order valence-corrected chi connectivity index (χ0v) is 14.6. The van der Waals surface area contributed by atoms with Crippen molar-refractivity contribution in [2.24, 2.45) is 0 Å². The van der Waals surface area contributed by atoms with E-state index in [1.54, 1.807) is 6.20 Å². The summed E-state index contributed by atoms with van der Waals surface area (Å²) in [6.45, 7) is 9.60. The van der Waals surface area contributed by atoms with Gasteiger partial charge in [-0.1, -0.05) is 36.4 Å². The Labute approximate surface area is 140 Å². The van der Waals surface area contributed by atoms with Gasteiger partial charge in [-0.05, 0) is 51.8 Å². The Kier molecular flexibility index (Phi) is 5.91. The minimum absolute atomic E-state index is 0.443. The molecule has 23 heavy (non-hydrogen) atoms. The molecule has 3 heteroatoms. The first-order valence-corrected chi connectivity index (χ1v) is 8.40. The number of hydrogen-bond acceptors (Lipinski definition) is 3. The van der Waals surface area contributed by atoms with E-state index in [1.807, 2.05) is 48.5 Å². The van der Waals surface area contributed by atoms with E-state index in [1.165, 1.54) is 0 Å². The van der Waals surface area contributed by atoms with Crippen LogP contribution in [-0.2, 0) is 5.60 Å². The SMILES string of the molecule is CC(C)N(CCC(O)(c1ccccc1)c1ccccn1)C(C)C. The van der Waals surface area contributed by atoms with Crippen molar-refractivity contribution in [2.45, 2.75) is 51.8 Å². The van der Waals surface area contributed by atoms with E-state index < -0.39 is 5.60 Å². The molecule has 1 unspecified atom stereocenters. The zero-order valence-electron chi connectivity index (χ0n) is 14.6. The summed E-state index contributed by atoms with van der Waals surface area (Å²) in [6.07, 6.45) is 2.36. The lowest BCUT2D eigenvalue weighted by Gasteiger charge is -2.35. The highest BCUT2D eigenvalue weighted by molar-refractivity contribution is 5.32. The molecule has 1 N–H and O–H groups in total. The molecule has 2 aromatic rings. The number of nitrogens with zero attached hydrogens (tertiary/aromatic N) is 2. The average molecular weight is 312 g/mol. The Hall–Kier alpha value is -1.71. The highest BCUT2D eigenvalue weighted by Gasteiger charge is 2.33. The number of pyridine rings is 1. The van der Waals surface area contributed by atoms with Gasteiger partial charge in [0.2, 0.25) is 0 Å². The van der Waals surface area contributed by atoms with Crippen LogP contribution in [0.1, 0.15) is 45.4 Å². The zero-order chi connectivity index (χ0) is 16.9. The molecule has 0 radical (unpaired) electrons. The van der Waals surface area contributed by atoms with Crippen LogP contribution in [0.5, 0.6) is 0 Å². The van der Waals surface area contributed by atoms with Gasteiger partial charge in [-0.15, -0.1) is 0 Å². The van der Waals surface area contributed by atoms with Crippen molar-refractivity contribution < 1.29 is 5.11 Å². The lowest BCUT2D eigenvalue weighted by Crippen LogP contribution is -2.41. The molecular weight excluding hydrogens is 284 g/mol. The summed E-state index contributed by atoms with van der Waals surface area (Å²) in [7, 11) is 0. The molecule has 0 saturated carbocycles. The maximum absolute atomic E-state index is 11.5. The molecule has 3 nitrogen and oxygen atoms in total. The summed E-state index contributed by atoms with van der Waals surface area (Å²) in [5.41, 5.74) is 0.537. The first-order chi connectivity index (χ1) is 10.9. The van der Waals surface area contributed by atoms with Crippen LogP contribution in [0.25, 0.3) is 0 Å². The van der Waals surface area contributed by atoms with Crippen LogP contribution in [0.2, 0.25) is 0 Å². The van der Waals surface area contributed by atoms with Gasteiger partial charge < -0.3 is 5.11 Å². The van der Waals surface area contributed by atoms with Crippen LogP contribution >= 0.6 is 0 Å². The van der Waals surface area contributed by atoms with Crippen LogP contribution in [0.3, 0.4) is 0 Å². The number of rotatable bonds is 7. The molecule has 0 saturated heterocycles. The normalized spacial score (nSPS) is 14.4. The van der Waals surface area contributed by atoms with Crippen molar-refractivity contribution >= 4 is 0 Å². The quantitative estimate of drug-likeness (QED) is 0.844. The van der Waals surface area contributed by atoms with Gasteiger partial charge in [-0.3, -0.25) is 9.88 Å². The highest BCUT2D eigenvalue weighted by atomic mass is 16.3. The van der Waals surface area contributed by atoms with Gasteiger partial charge in [0.25, 0.3) is 0 Å². The van der Waals surface area contributed by atoms with Gasteiger partial charge in [0.05, 0.1) is 5.69 Å². The van der Waals surface area contributed by atoms with E-state index in [-0.39, 0.29) is 0 Å². The Morgan fingerprint density at radius 2 is 1.57 bits per heavy atom. The average Bonchev–Trinajstić information content (AvgIpc) is 2.55. The molecule has 0 bridgehead atoms. The monoisotopic (exact) mass is 312 g/mol. The minimum Gasteiger partial charge on any atom is -0.379 e. The van der Waals surface area contributed by atoms with E-state index in [4.69, 9.17) is 0 Å². The van der Waals surface area contributed by atoms with Crippen molar-refractivity contribution in [3.63, 3.8) is 0 Å². The Bertz CT molecular complexity index is 534. The third-order valence-corrected chi connectivity index (χ3v) is 4.40. The molecular formula is C20H28N2O. The summed E-state index contributed by atoms with van der Waals surface area (Å²) in [4.78, 5) is 6.83.